The molecule has 1 unspecified atom stereocenters. The third-order valence-corrected chi connectivity index (χ3v) is 16.3. The second-order valence-corrected chi connectivity index (χ2v) is 23.2. The Morgan fingerprint density at radius 2 is 1.25 bits per heavy atom. The quantitative estimate of drug-likeness (QED) is 0.109. The molecule has 5 aliphatic carbocycles. The van der Waals surface area contributed by atoms with Gasteiger partial charge in [-0.2, -0.15) is 47.5 Å². The molecule has 0 radical (unpaired) electrons. The Morgan fingerprint density at radius 3 is 1.88 bits per heavy atom. The number of ether oxygens (including phenoxy) is 1. The Morgan fingerprint density at radius 1 is 0.650 bits per heavy atom. The van der Waals surface area contributed by atoms with Gasteiger partial charge >= 0.3 is 21.1 Å². The Balaban J connectivity index is 0.0000121. The fraction of sp³-hybridized carbons (Fsp3) is 0.355. The van der Waals surface area contributed by atoms with Crippen LogP contribution in [0.3, 0.4) is 0 Å². The molecule has 1 atom stereocenters. The van der Waals surface area contributed by atoms with Crippen molar-refractivity contribution in [2.45, 2.75) is 166 Å². The van der Waals surface area contributed by atoms with Gasteiger partial charge in [-0.15, -0.1) is 35.7 Å². The van der Waals surface area contributed by atoms with E-state index in [1.807, 2.05) is 60.0 Å². The van der Waals surface area contributed by atoms with Gasteiger partial charge in [0.15, 0.2) is 0 Å². The number of benzene rings is 8. The molecule has 2 heterocycles. The predicted molar refractivity (Wildman–Crippen MR) is 329 cm³/mol. The monoisotopic (exact) mass is 1260 g/mol. The van der Waals surface area contributed by atoms with Gasteiger partial charge in [0.05, 0.1) is 8.22 Å². The van der Waals surface area contributed by atoms with E-state index in [1.165, 1.54) is 24.3 Å². The average molecular weight is 1270 g/mol. The minimum Gasteiger partial charge on any atom is -0.509 e. The van der Waals surface area contributed by atoms with Crippen molar-refractivity contribution < 1.29 is 77.9 Å². The summed E-state index contributed by atoms with van der Waals surface area (Å²) < 4.78 is 369. The van der Waals surface area contributed by atoms with Gasteiger partial charge in [0.25, 0.3) is 0 Å². The molecular weight excluding hydrogens is 1150 g/mol. The molecule has 9 aromatic rings. The Labute approximate surface area is 544 Å². The van der Waals surface area contributed by atoms with E-state index in [2.05, 4.69) is 45.2 Å². The molecule has 0 spiro atoms. The molecule has 80 heavy (non-hydrogen) atoms. The average Bonchev–Trinajstić information content (AvgIpc) is 0.670. The maximum atomic E-state index is 10.7. The normalized spacial score (nSPS) is 33.2. The van der Waals surface area contributed by atoms with E-state index in [0.717, 1.165) is 26.4 Å². The summed E-state index contributed by atoms with van der Waals surface area (Å²) >= 11 is 0. The number of fused-ring (bicyclic) bond motifs is 6. The second kappa shape index (κ2) is 18.1. The summed E-state index contributed by atoms with van der Waals surface area (Å²) in [6, 6.07) is 30.0. The van der Waals surface area contributed by atoms with Gasteiger partial charge in [0, 0.05) is 66.8 Å². The van der Waals surface area contributed by atoms with E-state index < -0.39 is 205 Å². The predicted octanol–water partition coefficient (Wildman–Crippen LogP) is 19.7. The molecule has 1 aliphatic heterocycles. The minimum atomic E-state index is -4.85. The third-order valence-electron chi connectivity index (χ3n) is 16.3. The molecule has 6 aliphatic rings. The van der Waals surface area contributed by atoms with Gasteiger partial charge in [0.2, 0.25) is 0 Å². The third kappa shape index (κ3) is 8.39. The van der Waals surface area contributed by atoms with Crippen molar-refractivity contribution in [1.82, 2.24) is 9.14 Å². The molecule has 404 valence electrons. The van der Waals surface area contributed by atoms with Crippen LogP contribution in [0.2, 0.25) is 0 Å². The van der Waals surface area contributed by atoms with Crippen LogP contribution in [0, 0.1) is 23.6 Å². The van der Waals surface area contributed by atoms with Crippen LogP contribution >= 0.6 is 0 Å². The summed E-state index contributed by atoms with van der Waals surface area (Å²) in [5, 5.41) is 1.67. The summed E-state index contributed by atoms with van der Waals surface area (Å²) in [6.45, 7) is -28.3. The van der Waals surface area contributed by atoms with E-state index in [1.54, 1.807) is 36.4 Å². The summed E-state index contributed by atoms with van der Waals surface area (Å²) in [6.07, 6.45) is -15.4. The summed E-state index contributed by atoms with van der Waals surface area (Å²) in [4.78, 5) is 0. The van der Waals surface area contributed by atoms with Gasteiger partial charge in [-0.05, 0) is 156 Å². The molecule has 1 aromatic heterocycles. The largest absolute Gasteiger partial charge is 4.00 e. The second-order valence-electron chi connectivity index (χ2n) is 23.2. The minimum absolute atomic E-state index is 0. The zero-order valence-electron chi connectivity index (χ0n) is 81.7. The first-order chi connectivity index (χ1) is 53.1. The van der Waals surface area contributed by atoms with E-state index in [9.17, 15) is 35.6 Å². The van der Waals surface area contributed by atoms with E-state index in [4.69, 9.17) is 21.2 Å². The first kappa shape index (κ1) is 25.5. The maximum absolute atomic E-state index is 10.7. The van der Waals surface area contributed by atoms with Crippen molar-refractivity contribution in [2.75, 3.05) is 0 Å². The van der Waals surface area contributed by atoms with Crippen LogP contribution in [0.25, 0.3) is 49.7 Å². The summed E-state index contributed by atoms with van der Waals surface area (Å²) in [7, 11) is 0. The van der Waals surface area contributed by atoms with Crippen LogP contribution in [-0.2, 0) is 53.6 Å². The summed E-state index contributed by atoms with van der Waals surface area (Å²) in [5.41, 5.74) is -29.6. The Hall–Kier alpha value is -6.28. The molecule has 0 saturated heterocycles. The smallest absolute Gasteiger partial charge is 0.509 e. The van der Waals surface area contributed by atoms with Crippen LogP contribution in [0.5, 0.6) is 11.5 Å². The Bertz CT molecular complexity index is 5470. The van der Waals surface area contributed by atoms with Gasteiger partial charge in [-0.25, -0.2) is 0 Å². The molecule has 15 rings (SSSR count). The molecule has 2 bridgehead atoms. The number of para-hydroxylation sites is 2. The zero-order chi connectivity index (χ0) is 87.2. The number of rotatable bonds is 8. The number of aromatic nitrogens is 1. The van der Waals surface area contributed by atoms with Crippen LogP contribution < -0.4 is 9.31 Å². The topological polar surface area (TPSA) is 17.2 Å². The SMILES string of the molecule is [2H]c1c([2H])c2c(c([2H])c1-c1cc(C34CC(C)(C3)C4)cc(-c3c([2H])c([2H])c4c(c3[2H])C(C([2H])([2H])[2H])(C([2H])([2H])[2H])C([2H])([2H])C([2H])([2H])C4(C([2H])([2H])[2H])C([2H])([2H])[2H])c1[N+]1=[C-]C(c3[c-]c(Oc4[c-]c5c(cc4)c4ccccc4n5-c4[c-]ccc(C(C)(C)C)c4)ccc3)c3ccccc31)C(C([2H])([2H])[2H])(C([2H])([2H])[2H])C([2H])([2H])C([2H])([2H])C2(C([2H])([2H])[2H])C([2H])([2H])[2H].[Pt+4]. The zero-order valence-corrected chi connectivity index (χ0v) is 46.0. The van der Waals surface area contributed by atoms with Crippen LogP contribution in [0.4, 0.5) is 11.4 Å². The fourth-order valence-corrected chi connectivity index (χ4v) is 12.7. The van der Waals surface area contributed by atoms with Crippen LogP contribution in [0.1, 0.15) is 230 Å². The first-order valence-electron chi connectivity index (χ1n) is 44.9. The number of hydrogen-bond acceptors (Lipinski definition) is 1. The van der Waals surface area contributed by atoms with Gasteiger partial charge in [-0.3, -0.25) is 0 Å². The van der Waals surface area contributed by atoms with Crippen LogP contribution in [-0.4, -0.2) is 10.8 Å². The van der Waals surface area contributed by atoms with Crippen molar-refractivity contribution in [1.29, 1.82) is 0 Å². The number of hydrogen-bond donors (Lipinski definition) is 0. The number of nitrogens with zero attached hydrogens (tertiary/aromatic N) is 2. The fourth-order valence-electron chi connectivity index (χ4n) is 12.7. The van der Waals surface area contributed by atoms with Crippen molar-refractivity contribution in [3.8, 4) is 39.4 Å². The molecule has 0 amide bonds. The standard InChI is InChI=1S/C76H75N2O.Pt/c1-70(2,3)51-20-18-21-53(40-51)78-67-26-16-14-23-56(67)58-30-29-55(43-68(58)78)79-54-22-17-19-48(37-54)61-44-77(66-25-15-13-24-57(61)66)69-59(49-27-31-62-64(38-49)73(8,9)35-33-71(62,4)5)41-52(76-45-75(12,46-76)47-76)42-60(69)50-28-32-63-65(39-50)74(10,11)36-34-72(63,6)7;/h13-20,22-32,38-42,61H,33-36,45-47H2,1-12H3;/q-3;+4/i4D3,5D3,6D3,7D3,8D3,9D3,10D3,11D3,27D,28D,31D,32D,33D2,34D2,35D2,36D2,38D,39D;. The molecule has 3 nitrogen and oxygen atoms in total. The van der Waals surface area contributed by atoms with Crippen molar-refractivity contribution in [2.24, 2.45) is 5.41 Å². The molecular formula is C76H75N2OPt+. The van der Waals surface area contributed by atoms with Crippen molar-refractivity contribution in [3.05, 3.63) is 208 Å². The molecule has 8 aromatic carbocycles. The van der Waals surface area contributed by atoms with E-state index >= 15 is 0 Å². The first-order valence-corrected chi connectivity index (χ1v) is 25.9. The molecule has 3 fully saturated rings. The molecule has 0 N–H and O–H groups in total. The Kier molecular flexibility index (Phi) is 5.76. The van der Waals surface area contributed by atoms with Gasteiger partial charge in [-0.1, -0.05) is 178 Å². The van der Waals surface area contributed by atoms with Gasteiger partial charge in [0.1, 0.15) is 17.6 Å². The maximum Gasteiger partial charge on any atom is 4.00 e. The van der Waals surface area contributed by atoms with Gasteiger partial charge < -0.3 is 13.9 Å². The van der Waals surface area contributed by atoms with E-state index in [0.29, 0.717) is 11.2 Å². The van der Waals surface area contributed by atoms with Crippen molar-refractivity contribution in [3.63, 3.8) is 0 Å². The van der Waals surface area contributed by atoms with Crippen molar-refractivity contribution >= 4 is 39.4 Å². The molecule has 4 heteroatoms. The van der Waals surface area contributed by atoms with E-state index in [-0.39, 0.29) is 79.6 Å². The molecule has 3 saturated carbocycles. The van der Waals surface area contributed by atoms with Crippen LogP contribution in [0.15, 0.2) is 145 Å². The summed E-state index contributed by atoms with van der Waals surface area (Å²) in [5.74, 6) is -1.10.